The quantitative estimate of drug-likeness (QED) is 0.866. The lowest BCUT2D eigenvalue weighted by Crippen LogP contribution is -2.30. The van der Waals surface area contributed by atoms with Crippen LogP contribution in [0, 0.1) is 5.41 Å². The average molecular weight is 266 g/mol. The molecule has 0 saturated heterocycles. The summed E-state index contributed by atoms with van der Waals surface area (Å²) in [5, 5.41) is 9.61. The Balaban J connectivity index is 1.86. The van der Waals surface area contributed by atoms with Gasteiger partial charge in [-0.1, -0.05) is 43.3 Å². The smallest absolute Gasteiger partial charge is 0.115 e. The van der Waals surface area contributed by atoms with Crippen LogP contribution in [0.25, 0.3) is 0 Å². The van der Waals surface area contributed by atoms with E-state index in [0.717, 1.165) is 19.3 Å². The average Bonchev–Trinajstić information content (AvgIpc) is 2.48. The minimum atomic E-state index is 0.380. The first-order valence-electron chi connectivity index (χ1n) is 7.55. The second-order valence-electron chi connectivity index (χ2n) is 6.15. The summed E-state index contributed by atoms with van der Waals surface area (Å²) in [5.74, 6) is 0.399. The highest BCUT2D eigenvalue weighted by molar-refractivity contribution is 5.38. The van der Waals surface area contributed by atoms with E-state index < -0.39 is 0 Å². The second-order valence-corrected chi connectivity index (χ2v) is 6.15. The summed E-state index contributed by atoms with van der Waals surface area (Å²) >= 11 is 0. The predicted molar refractivity (Wildman–Crippen MR) is 83.0 cm³/mol. The van der Waals surface area contributed by atoms with Crippen molar-refractivity contribution in [2.45, 2.75) is 39.0 Å². The minimum Gasteiger partial charge on any atom is -0.508 e. The van der Waals surface area contributed by atoms with Crippen LogP contribution in [0.15, 0.2) is 48.5 Å². The standard InChI is InChI=1S/C19H22O/c1-2-19(13-15-6-4-3-5-7-15)11-10-16-12-18(20)9-8-17(16)14-19/h3-9,12,20H,2,10-11,13-14H2,1H3. The van der Waals surface area contributed by atoms with Gasteiger partial charge in [0.2, 0.25) is 0 Å². The summed E-state index contributed by atoms with van der Waals surface area (Å²) in [4.78, 5) is 0. The van der Waals surface area contributed by atoms with Gasteiger partial charge in [-0.25, -0.2) is 0 Å². The lowest BCUT2D eigenvalue weighted by molar-refractivity contribution is 0.232. The molecule has 0 amide bonds. The van der Waals surface area contributed by atoms with E-state index in [1.165, 1.54) is 29.5 Å². The van der Waals surface area contributed by atoms with Crippen LogP contribution in [0.4, 0.5) is 0 Å². The van der Waals surface area contributed by atoms with Crippen LogP contribution in [0.3, 0.4) is 0 Å². The third kappa shape index (κ3) is 2.58. The number of hydrogen-bond donors (Lipinski definition) is 1. The molecule has 0 heterocycles. The van der Waals surface area contributed by atoms with Gasteiger partial charge in [-0.2, -0.15) is 0 Å². The third-order valence-corrected chi connectivity index (χ3v) is 4.85. The first-order chi connectivity index (χ1) is 9.71. The van der Waals surface area contributed by atoms with Crippen LogP contribution in [-0.4, -0.2) is 5.11 Å². The number of fused-ring (bicyclic) bond motifs is 1. The molecule has 0 aromatic heterocycles. The van der Waals surface area contributed by atoms with Gasteiger partial charge >= 0.3 is 0 Å². The first kappa shape index (κ1) is 13.2. The van der Waals surface area contributed by atoms with Crippen LogP contribution >= 0.6 is 0 Å². The van der Waals surface area contributed by atoms with Crippen molar-refractivity contribution in [3.63, 3.8) is 0 Å². The second kappa shape index (κ2) is 5.32. The molecule has 0 spiro atoms. The van der Waals surface area contributed by atoms with Gasteiger partial charge in [0.15, 0.2) is 0 Å². The third-order valence-electron chi connectivity index (χ3n) is 4.85. The highest BCUT2D eigenvalue weighted by Gasteiger charge is 2.32. The summed E-state index contributed by atoms with van der Waals surface area (Å²) in [5.41, 5.74) is 4.58. The van der Waals surface area contributed by atoms with Gasteiger partial charge in [0.25, 0.3) is 0 Å². The summed E-state index contributed by atoms with van der Waals surface area (Å²) in [6.07, 6.45) is 5.81. The number of rotatable bonds is 3. The minimum absolute atomic E-state index is 0.380. The van der Waals surface area contributed by atoms with E-state index in [2.05, 4.69) is 43.3 Å². The number of benzene rings is 2. The number of aromatic hydroxyl groups is 1. The lowest BCUT2D eigenvalue weighted by atomic mass is 9.67. The molecule has 1 N–H and O–H groups in total. The zero-order valence-electron chi connectivity index (χ0n) is 12.1. The fourth-order valence-electron chi connectivity index (χ4n) is 3.52. The number of aryl methyl sites for hydroxylation is 1. The normalized spacial score (nSPS) is 21.4. The molecule has 3 rings (SSSR count). The zero-order chi connectivity index (χ0) is 14.0. The van der Waals surface area contributed by atoms with Crippen LogP contribution in [0.2, 0.25) is 0 Å². The molecule has 0 saturated carbocycles. The van der Waals surface area contributed by atoms with Gasteiger partial charge in [0.1, 0.15) is 5.75 Å². The van der Waals surface area contributed by atoms with E-state index in [-0.39, 0.29) is 0 Å². The maximum atomic E-state index is 9.61. The van der Waals surface area contributed by atoms with E-state index in [4.69, 9.17) is 0 Å². The van der Waals surface area contributed by atoms with Gasteiger partial charge < -0.3 is 5.11 Å². The zero-order valence-corrected chi connectivity index (χ0v) is 12.1. The number of hydrogen-bond acceptors (Lipinski definition) is 1. The largest absolute Gasteiger partial charge is 0.508 e. The van der Waals surface area contributed by atoms with E-state index in [1.54, 1.807) is 0 Å². The molecule has 1 aliphatic rings. The monoisotopic (exact) mass is 266 g/mol. The van der Waals surface area contributed by atoms with Crippen molar-refractivity contribution in [3.05, 3.63) is 65.2 Å². The molecular formula is C19H22O. The first-order valence-corrected chi connectivity index (χ1v) is 7.55. The van der Waals surface area contributed by atoms with Crippen molar-refractivity contribution in [1.29, 1.82) is 0 Å². The Labute approximate surface area is 121 Å². The summed E-state index contributed by atoms with van der Waals surface area (Å²) in [6.45, 7) is 2.31. The van der Waals surface area contributed by atoms with Crippen molar-refractivity contribution in [3.8, 4) is 5.75 Å². The molecule has 2 aromatic carbocycles. The van der Waals surface area contributed by atoms with E-state index in [0.29, 0.717) is 11.2 Å². The summed E-state index contributed by atoms with van der Waals surface area (Å²) in [6, 6.07) is 16.7. The Bertz CT molecular complexity index is 588. The predicted octanol–water partition coefficient (Wildman–Crippen LogP) is 4.52. The molecule has 20 heavy (non-hydrogen) atoms. The number of phenolic OH excluding ortho intramolecular Hbond substituents is 1. The van der Waals surface area contributed by atoms with Crippen LogP contribution < -0.4 is 0 Å². The summed E-state index contributed by atoms with van der Waals surface area (Å²) < 4.78 is 0. The van der Waals surface area contributed by atoms with Gasteiger partial charge in [-0.05, 0) is 66.3 Å². The number of phenols is 1. The SMILES string of the molecule is CCC1(Cc2ccccc2)CCc2cc(O)ccc2C1. The highest BCUT2D eigenvalue weighted by Crippen LogP contribution is 2.41. The maximum Gasteiger partial charge on any atom is 0.115 e. The van der Waals surface area contributed by atoms with Crippen molar-refractivity contribution < 1.29 is 5.11 Å². The molecule has 1 heteroatoms. The van der Waals surface area contributed by atoms with Gasteiger partial charge in [-0.3, -0.25) is 0 Å². The molecule has 0 radical (unpaired) electrons. The van der Waals surface area contributed by atoms with E-state index in [1.807, 2.05) is 12.1 Å². The Hall–Kier alpha value is -1.76. The maximum absolute atomic E-state index is 9.61. The fraction of sp³-hybridized carbons (Fsp3) is 0.368. The molecule has 0 aliphatic heterocycles. The topological polar surface area (TPSA) is 20.2 Å². The molecule has 1 aliphatic carbocycles. The van der Waals surface area contributed by atoms with Crippen molar-refractivity contribution in [1.82, 2.24) is 0 Å². The van der Waals surface area contributed by atoms with Crippen molar-refractivity contribution in [2.75, 3.05) is 0 Å². The van der Waals surface area contributed by atoms with Crippen LogP contribution in [0.1, 0.15) is 36.5 Å². The van der Waals surface area contributed by atoms with Gasteiger partial charge in [0, 0.05) is 0 Å². The van der Waals surface area contributed by atoms with Crippen molar-refractivity contribution in [2.24, 2.45) is 5.41 Å². The highest BCUT2D eigenvalue weighted by atomic mass is 16.3. The molecule has 0 bridgehead atoms. The molecular weight excluding hydrogens is 244 g/mol. The van der Waals surface area contributed by atoms with E-state index in [9.17, 15) is 5.11 Å². The van der Waals surface area contributed by atoms with Gasteiger partial charge in [0.05, 0.1) is 0 Å². The molecule has 1 unspecified atom stereocenters. The van der Waals surface area contributed by atoms with Crippen molar-refractivity contribution >= 4 is 0 Å². The van der Waals surface area contributed by atoms with Crippen LogP contribution in [-0.2, 0) is 19.3 Å². The Morgan fingerprint density at radius 3 is 2.60 bits per heavy atom. The molecule has 2 aromatic rings. The molecule has 1 atom stereocenters. The molecule has 104 valence electrons. The Kier molecular flexibility index (Phi) is 3.52. The van der Waals surface area contributed by atoms with Gasteiger partial charge in [-0.15, -0.1) is 0 Å². The Morgan fingerprint density at radius 1 is 1.05 bits per heavy atom. The fourth-order valence-corrected chi connectivity index (χ4v) is 3.52. The molecule has 0 fully saturated rings. The Morgan fingerprint density at radius 2 is 1.85 bits per heavy atom. The summed E-state index contributed by atoms with van der Waals surface area (Å²) in [7, 11) is 0. The van der Waals surface area contributed by atoms with Crippen LogP contribution in [0.5, 0.6) is 5.75 Å². The lowest BCUT2D eigenvalue weighted by Gasteiger charge is -2.38. The molecule has 1 nitrogen and oxygen atoms in total. The van der Waals surface area contributed by atoms with E-state index >= 15 is 0 Å².